The smallest absolute Gasteiger partial charge is 0.269 e. The third-order valence-electron chi connectivity index (χ3n) is 5.77. The molecule has 39 heavy (non-hydrogen) atoms. The zero-order chi connectivity index (χ0) is 28.2. The highest BCUT2D eigenvalue weighted by molar-refractivity contribution is 5.98. The van der Waals surface area contributed by atoms with Crippen molar-refractivity contribution in [3.63, 3.8) is 0 Å². The van der Waals surface area contributed by atoms with Crippen LogP contribution in [0.5, 0.6) is 0 Å². The first kappa shape index (κ1) is 28.7. The van der Waals surface area contributed by atoms with Crippen LogP contribution in [-0.4, -0.2) is 46.8 Å². The molecule has 0 bridgehead atoms. The van der Waals surface area contributed by atoms with Gasteiger partial charge in [-0.25, -0.2) is 0 Å². The highest BCUT2D eigenvalue weighted by Crippen LogP contribution is 2.15. The van der Waals surface area contributed by atoms with Gasteiger partial charge in [0.1, 0.15) is 12.6 Å². The number of non-ortho nitro benzene ring substituents is 1. The van der Waals surface area contributed by atoms with Crippen LogP contribution in [0.2, 0.25) is 0 Å². The number of amides is 2. The molecule has 0 aliphatic rings. The van der Waals surface area contributed by atoms with Gasteiger partial charge >= 0.3 is 0 Å². The fourth-order valence-electron chi connectivity index (χ4n) is 3.57. The van der Waals surface area contributed by atoms with Gasteiger partial charge in [-0.1, -0.05) is 24.0 Å². The number of hydrogen-bond donors (Lipinski definition) is 4. The molecule has 0 aliphatic carbocycles. The molecule has 0 radical (unpaired) electrons. The lowest BCUT2D eigenvalue weighted by atomic mass is 10.1. The second-order valence-electron chi connectivity index (χ2n) is 8.62. The zero-order valence-corrected chi connectivity index (χ0v) is 21.1. The normalized spacial score (nSPS) is 11.0. The quantitative estimate of drug-likeness (QED) is 0.169. The number of nitrogens with two attached hydrogens (primary N) is 1. The first-order valence-corrected chi connectivity index (χ1v) is 12.2. The molecule has 2 amide bonds. The zero-order valence-electron chi connectivity index (χ0n) is 21.1. The van der Waals surface area contributed by atoms with Gasteiger partial charge in [0.15, 0.2) is 5.78 Å². The van der Waals surface area contributed by atoms with E-state index in [-0.39, 0.29) is 18.1 Å². The first-order chi connectivity index (χ1) is 18.8. The highest BCUT2D eigenvalue weighted by Gasteiger charge is 2.18. The predicted octanol–water partition coefficient (Wildman–Crippen LogP) is 2.57. The number of nitro groups is 1. The topological polar surface area (TPSA) is 165 Å². The van der Waals surface area contributed by atoms with Gasteiger partial charge in [-0.2, -0.15) is 0 Å². The molecule has 0 saturated heterocycles. The van der Waals surface area contributed by atoms with Crippen LogP contribution in [-0.2, 0) is 16.0 Å². The number of Topliss-reactive ketones (excluding diaryl/α,β-unsaturated/α-hetero) is 1. The van der Waals surface area contributed by atoms with Gasteiger partial charge < -0.3 is 21.5 Å². The van der Waals surface area contributed by atoms with Gasteiger partial charge in [-0.15, -0.1) is 0 Å². The van der Waals surface area contributed by atoms with Crippen LogP contribution in [0, 0.1) is 22.0 Å². The van der Waals surface area contributed by atoms with E-state index in [1.54, 1.807) is 60.7 Å². The number of aryl methyl sites for hydroxylation is 1. The van der Waals surface area contributed by atoms with Gasteiger partial charge in [0.2, 0.25) is 5.91 Å². The van der Waals surface area contributed by atoms with Crippen LogP contribution in [0.1, 0.15) is 39.9 Å². The molecule has 5 N–H and O–H groups in total. The molecular weight excluding hydrogens is 500 g/mol. The predicted molar refractivity (Wildman–Crippen MR) is 146 cm³/mol. The van der Waals surface area contributed by atoms with Crippen LogP contribution in [0.3, 0.4) is 0 Å². The van der Waals surface area contributed by atoms with Crippen molar-refractivity contribution in [3.05, 3.63) is 105 Å². The summed E-state index contributed by atoms with van der Waals surface area (Å²) in [5.74, 6) is 4.87. The molecule has 10 nitrogen and oxygen atoms in total. The van der Waals surface area contributed by atoms with Crippen LogP contribution in [0.15, 0.2) is 72.8 Å². The molecule has 0 heterocycles. The standard InChI is InChI=1S/C29H28N4O6/c30-18-26(27(35)19-34)32-29(37)23-12-6-21(7-13-23)4-5-22-8-14-24(15-9-22)31-28(36)3-1-2-20-10-16-25(17-11-20)33(38)39/h6-17,26,34H,1-3,18-19,30H2,(H,31,36)(H,32,37)/t26-/m0/s1. The first-order valence-electron chi connectivity index (χ1n) is 12.2. The van der Waals surface area contributed by atoms with Crippen molar-refractivity contribution >= 4 is 29.0 Å². The number of nitrogens with zero attached hydrogens (tertiary/aromatic N) is 1. The maximum Gasteiger partial charge on any atom is 0.269 e. The van der Waals surface area contributed by atoms with Crippen molar-refractivity contribution in [1.82, 2.24) is 5.32 Å². The number of carbonyl (C=O) groups is 3. The average molecular weight is 529 g/mol. The maximum atomic E-state index is 12.3. The number of aliphatic hydroxyl groups excluding tert-OH is 1. The summed E-state index contributed by atoms with van der Waals surface area (Å²) in [5.41, 5.74) is 8.84. The Kier molecular flexibility index (Phi) is 10.4. The maximum absolute atomic E-state index is 12.3. The number of carbonyl (C=O) groups excluding carboxylic acids is 3. The Morgan fingerprint density at radius 2 is 1.51 bits per heavy atom. The van der Waals surface area contributed by atoms with E-state index in [4.69, 9.17) is 10.8 Å². The molecule has 0 saturated carbocycles. The highest BCUT2D eigenvalue weighted by atomic mass is 16.6. The lowest BCUT2D eigenvalue weighted by molar-refractivity contribution is -0.384. The summed E-state index contributed by atoms with van der Waals surface area (Å²) in [6, 6.07) is 19.0. The monoisotopic (exact) mass is 528 g/mol. The van der Waals surface area contributed by atoms with Crippen molar-refractivity contribution in [1.29, 1.82) is 0 Å². The molecule has 0 aliphatic heterocycles. The Balaban J connectivity index is 1.47. The Morgan fingerprint density at radius 3 is 2.05 bits per heavy atom. The Bertz CT molecular complexity index is 1370. The third kappa shape index (κ3) is 8.89. The van der Waals surface area contributed by atoms with E-state index in [0.717, 1.165) is 11.1 Å². The second-order valence-corrected chi connectivity index (χ2v) is 8.62. The molecule has 3 aromatic carbocycles. The number of nitrogens with one attached hydrogen (secondary N) is 2. The molecular formula is C29H28N4O6. The third-order valence-corrected chi connectivity index (χ3v) is 5.77. The summed E-state index contributed by atoms with van der Waals surface area (Å²) in [4.78, 5) is 46.4. The van der Waals surface area contributed by atoms with Crippen molar-refractivity contribution in [2.24, 2.45) is 5.73 Å². The molecule has 10 heteroatoms. The Morgan fingerprint density at radius 1 is 0.923 bits per heavy atom. The van der Waals surface area contributed by atoms with Crippen molar-refractivity contribution in [2.75, 3.05) is 18.5 Å². The minimum Gasteiger partial charge on any atom is -0.388 e. The van der Waals surface area contributed by atoms with E-state index in [2.05, 4.69) is 22.5 Å². The van der Waals surface area contributed by atoms with E-state index >= 15 is 0 Å². The van der Waals surface area contributed by atoms with Crippen LogP contribution >= 0.6 is 0 Å². The molecule has 1 atom stereocenters. The summed E-state index contributed by atoms with van der Waals surface area (Å²) >= 11 is 0. The molecule has 0 unspecified atom stereocenters. The SMILES string of the molecule is NC[C@H](NC(=O)c1ccc(C#Cc2ccc(NC(=O)CCCc3ccc([N+](=O)[O-])cc3)cc2)cc1)C(=O)CO. The van der Waals surface area contributed by atoms with E-state index in [1.165, 1.54) is 12.1 Å². The van der Waals surface area contributed by atoms with E-state index in [0.29, 0.717) is 36.1 Å². The number of ketones is 1. The lowest BCUT2D eigenvalue weighted by Crippen LogP contribution is -2.46. The summed E-state index contributed by atoms with van der Waals surface area (Å²) in [7, 11) is 0. The second kappa shape index (κ2) is 14.2. The van der Waals surface area contributed by atoms with E-state index < -0.39 is 29.3 Å². The van der Waals surface area contributed by atoms with Crippen molar-refractivity contribution < 1.29 is 24.4 Å². The lowest BCUT2D eigenvalue weighted by Gasteiger charge is -2.14. The van der Waals surface area contributed by atoms with Gasteiger partial charge in [-0.05, 0) is 66.9 Å². The fourth-order valence-corrected chi connectivity index (χ4v) is 3.57. The minimum absolute atomic E-state index is 0.0406. The van der Waals surface area contributed by atoms with E-state index in [9.17, 15) is 24.5 Å². The number of aliphatic hydroxyl groups is 1. The number of benzene rings is 3. The Hall–Kier alpha value is -4.85. The van der Waals surface area contributed by atoms with Crippen molar-refractivity contribution in [3.8, 4) is 11.8 Å². The van der Waals surface area contributed by atoms with Crippen LogP contribution in [0.4, 0.5) is 11.4 Å². The van der Waals surface area contributed by atoms with Gasteiger partial charge in [0.05, 0.1) is 4.92 Å². The summed E-state index contributed by atoms with van der Waals surface area (Å²) in [6.07, 6.45) is 1.57. The number of nitro benzene ring substituents is 1. The molecule has 0 aromatic heterocycles. The van der Waals surface area contributed by atoms with Crippen LogP contribution in [0.25, 0.3) is 0 Å². The average Bonchev–Trinajstić information content (AvgIpc) is 2.95. The van der Waals surface area contributed by atoms with Gasteiger partial charge in [0, 0.05) is 47.5 Å². The number of hydrogen-bond acceptors (Lipinski definition) is 7. The summed E-state index contributed by atoms with van der Waals surface area (Å²) < 4.78 is 0. The van der Waals surface area contributed by atoms with Gasteiger partial charge in [-0.3, -0.25) is 24.5 Å². The van der Waals surface area contributed by atoms with Crippen LogP contribution < -0.4 is 16.4 Å². The number of anilines is 1. The molecule has 200 valence electrons. The molecule has 0 fully saturated rings. The van der Waals surface area contributed by atoms with Gasteiger partial charge in [0.25, 0.3) is 11.6 Å². The number of rotatable bonds is 11. The largest absolute Gasteiger partial charge is 0.388 e. The Labute approximate surface area is 225 Å². The molecule has 0 spiro atoms. The van der Waals surface area contributed by atoms with Crippen molar-refractivity contribution in [2.45, 2.75) is 25.3 Å². The minimum atomic E-state index is -0.947. The molecule has 3 rings (SSSR count). The summed E-state index contributed by atoms with van der Waals surface area (Å²) in [6.45, 7) is -0.808. The fraction of sp³-hybridized carbons (Fsp3) is 0.207. The molecule has 3 aromatic rings. The van der Waals surface area contributed by atoms with E-state index in [1.807, 2.05) is 0 Å². The summed E-state index contributed by atoms with van der Waals surface area (Å²) in [5, 5.41) is 25.0.